The summed E-state index contributed by atoms with van der Waals surface area (Å²) in [5, 5.41) is 0. The van der Waals surface area contributed by atoms with Crippen LogP contribution in [0.5, 0.6) is 0 Å². The van der Waals surface area contributed by atoms with E-state index in [1.165, 1.54) is 17.5 Å². The zero-order valence-corrected chi connectivity index (χ0v) is 19.1. The van der Waals surface area contributed by atoms with Crippen LogP contribution < -0.4 is 4.90 Å². The lowest BCUT2D eigenvalue weighted by atomic mass is 10.1. The summed E-state index contributed by atoms with van der Waals surface area (Å²) in [6.45, 7) is 7.80. The van der Waals surface area contributed by atoms with Crippen LogP contribution in [-0.4, -0.2) is 34.2 Å². The Morgan fingerprint density at radius 2 is 1.81 bits per heavy atom. The molecule has 2 aliphatic rings. The summed E-state index contributed by atoms with van der Waals surface area (Å²) >= 11 is 0. The van der Waals surface area contributed by atoms with E-state index in [-0.39, 0.29) is 12.1 Å². The average molecular weight is 422 g/mol. The summed E-state index contributed by atoms with van der Waals surface area (Å²) in [5.41, 5.74) is 2.06. The first-order valence-corrected chi connectivity index (χ1v) is 11.7. The molecule has 1 saturated heterocycles. The number of amides is 1. The fourth-order valence-electron chi connectivity index (χ4n) is 4.85. The summed E-state index contributed by atoms with van der Waals surface area (Å²) in [4.78, 5) is 22.1. The van der Waals surface area contributed by atoms with Crippen molar-refractivity contribution in [3.8, 4) is 0 Å². The molecule has 0 N–H and O–H groups in total. The molecule has 2 aromatic rings. The second-order valence-corrected chi connectivity index (χ2v) is 9.85. The lowest BCUT2D eigenvalue weighted by Gasteiger charge is -2.31. The number of anilines is 1. The van der Waals surface area contributed by atoms with Gasteiger partial charge in [-0.15, -0.1) is 0 Å². The predicted molar refractivity (Wildman–Crippen MR) is 124 cm³/mol. The molecule has 0 spiro atoms. The van der Waals surface area contributed by atoms with E-state index >= 15 is 0 Å². The quantitative estimate of drug-likeness (QED) is 0.585. The van der Waals surface area contributed by atoms with Crippen molar-refractivity contribution in [2.75, 3.05) is 11.4 Å². The third-order valence-corrected chi connectivity index (χ3v) is 6.27. The number of carbonyl (C=O) groups is 1. The number of carbonyl (C=O) groups excluding carboxylic acids is 1. The fourth-order valence-corrected chi connectivity index (χ4v) is 4.85. The maximum absolute atomic E-state index is 13.0. The molecule has 2 fully saturated rings. The van der Waals surface area contributed by atoms with E-state index in [1.807, 2.05) is 33.0 Å². The molecular formula is C26H35N3O2. The molecule has 1 aromatic heterocycles. The van der Waals surface area contributed by atoms with E-state index in [0.717, 1.165) is 45.2 Å². The summed E-state index contributed by atoms with van der Waals surface area (Å²) < 4.78 is 5.72. The fraction of sp³-hybridized carbons (Fsp3) is 0.538. The van der Waals surface area contributed by atoms with E-state index in [1.54, 1.807) is 4.90 Å². The molecule has 1 amide bonds. The number of benzene rings is 1. The Kier molecular flexibility index (Phi) is 6.61. The lowest BCUT2D eigenvalue weighted by Crippen LogP contribution is -2.43. The van der Waals surface area contributed by atoms with Gasteiger partial charge in [0.1, 0.15) is 11.4 Å². The highest BCUT2D eigenvalue weighted by atomic mass is 16.6. The van der Waals surface area contributed by atoms with Crippen molar-refractivity contribution in [1.29, 1.82) is 0 Å². The number of likely N-dealkylation sites (tertiary alicyclic amines) is 1. The van der Waals surface area contributed by atoms with Crippen LogP contribution in [0.15, 0.2) is 48.7 Å². The minimum absolute atomic E-state index is 0.175. The van der Waals surface area contributed by atoms with Crippen molar-refractivity contribution < 1.29 is 9.53 Å². The van der Waals surface area contributed by atoms with E-state index in [9.17, 15) is 4.79 Å². The predicted octanol–water partition coefficient (Wildman–Crippen LogP) is 6.10. The zero-order valence-electron chi connectivity index (χ0n) is 19.1. The van der Waals surface area contributed by atoms with Crippen molar-refractivity contribution in [3.63, 3.8) is 0 Å². The van der Waals surface area contributed by atoms with Crippen LogP contribution in [0.4, 0.5) is 10.6 Å². The highest BCUT2D eigenvalue weighted by molar-refractivity contribution is 5.87. The average Bonchev–Trinajstić information content (AvgIpc) is 3.41. The van der Waals surface area contributed by atoms with Gasteiger partial charge in [-0.25, -0.2) is 9.78 Å². The third kappa shape index (κ3) is 5.45. The van der Waals surface area contributed by atoms with Crippen LogP contribution in [0.25, 0.3) is 0 Å². The number of pyridine rings is 1. The van der Waals surface area contributed by atoms with Crippen LogP contribution in [0, 0.1) is 0 Å². The molecule has 1 atom stereocenters. The Morgan fingerprint density at radius 3 is 2.45 bits per heavy atom. The summed E-state index contributed by atoms with van der Waals surface area (Å²) in [5.74, 6) is 0.706. The first kappa shape index (κ1) is 21.8. The van der Waals surface area contributed by atoms with Gasteiger partial charge in [-0.2, -0.15) is 0 Å². The molecule has 31 heavy (non-hydrogen) atoms. The summed E-state index contributed by atoms with van der Waals surface area (Å²) in [6, 6.07) is 15.4. The maximum atomic E-state index is 13.0. The van der Waals surface area contributed by atoms with E-state index in [0.29, 0.717) is 11.9 Å². The molecule has 166 valence electrons. The highest BCUT2D eigenvalue weighted by Gasteiger charge is 2.33. The van der Waals surface area contributed by atoms with Gasteiger partial charge in [-0.05, 0) is 70.2 Å². The Balaban J connectivity index is 1.51. The van der Waals surface area contributed by atoms with Gasteiger partial charge in [0.15, 0.2) is 0 Å². The van der Waals surface area contributed by atoms with Gasteiger partial charge in [0.05, 0.1) is 0 Å². The van der Waals surface area contributed by atoms with Crippen molar-refractivity contribution in [2.24, 2.45) is 0 Å². The number of nitrogens with zero attached hydrogens (tertiary/aromatic N) is 3. The first-order valence-electron chi connectivity index (χ1n) is 11.7. The van der Waals surface area contributed by atoms with Crippen LogP contribution in [-0.2, 0) is 11.3 Å². The number of hydrogen-bond donors (Lipinski definition) is 0. The zero-order chi connectivity index (χ0) is 21.8. The summed E-state index contributed by atoms with van der Waals surface area (Å²) in [7, 11) is 0. The molecule has 1 aliphatic carbocycles. The van der Waals surface area contributed by atoms with Gasteiger partial charge in [0.2, 0.25) is 0 Å². The first-order chi connectivity index (χ1) is 14.9. The smallest absolute Gasteiger partial charge is 0.416 e. The molecule has 0 bridgehead atoms. The molecule has 5 nitrogen and oxygen atoms in total. The normalized spacial score (nSPS) is 20.2. The van der Waals surface area contributed by atoms with Crippen LogP contribution >= 0.6 is 0 Å². The Labute approximate surface area is 186 Å². The van der Waals surface area contributed by atoms with Crippen molar-refractivity contribution in [2.45, 2.75) is 83.5 Å². The molecule has 1 aromatic carbocycles. The van der Waals surface area contributed by atoms with Crippen molar-refractivity contribution in [3.05, 3.63) is 59.8 Å². The second-order valence-electron chi connectivity index (χ2n) is 9.85. The largest absolute Gasteiger partial charge is 0.443 e. The monoisotopic (exact) mass is 421 g/mol. The Bertz CT molecular complexity index is 854. The highest BCUT2D eigenvalue weighted by Crippen LogP contribution is 2.34. The number of hydrogen-bond acceptors (Lipinski definition) is 4. The van der Waals surface area contributed by atoms with Gasteiger partial charge in [0, 0.05) is 24.8 Å². The van der Waals surface area contributed by atoms with E-state index in [2.05, 4.69) is 41.3 Å². The van der Waals surface area contributed by atoms with E-state index < -0.39 is 5.60 Å². The second kappa shape index (κ2) is 9.39. The summed E-state index contributed by atoms with van der Waals surface area (Å²) in [6.07, 6.45) is 8.35. The maximum Gasteiger partial charge on any atom is 0.416 e. The van der Waals surface area contributed by atoms with Gasteiger partial charge < -0.3 is 4.74 Å². The molecule has 1 aliphatic heterocycles. The minimum atomic E-state index is -0.518. The molecule has 2 heterocycles. The topological polar surface area (TPSA) is 45.7 Å². The minimum Gasteiger partial charge on any atom is -0.443 e. The van der Waals surface area contributed by atoms with Crippen molar-refractivity contribution >= 4 is 11.9 Å². The SMILES string of the molecule is CC(C)(C)OC(=O)N(c1ccc([C@H]2CCCN2Cc2ccccc2)cn1)C1CCCC1. The van der Waals surface area contributed by atoms with Gasteiger partial charge in [0.25, 0.3) is 0 Å². The lowest BCUT2D eigenvalue weighted by molar-refractivity contribution is 0.0564. The number of rotatable bonds is 5. The Hall–Kier alpha value is -2.40. The third-order valence-electron chi connectivity index (χ3n) is 6.27. The van der Waals surface area contributed by atoms with Crippen molar-refractivity contribution in [1.82, 2.24) is 9.88 Å². The van der Waals surface area contributed by atoms with Gasteiger partial charge in [-0.1, -0.05) is 49.2 Å². The molecule has 0 unspecified atom stereocenters. The van der Waals surface area contributed by atoms with Crippen LogP contribution in [0.3, 0.4) is 0 Å². The van der Waals surface area contributed by atoms with Gasteiger partial charge in [-0.3, -0.25) is 9.80 Å². The molecule has 1 saturated carbocycles. The molecule has 5 heteroatoms. The van der Waals surface area contributed by atoms with E-state index in [4.69, 9.17) is 9.72 Å². The Morgan fingerprint density at radius 1 is 1.06 bits per heavy atom. The van der Waals surface area contributed by atoms with Crippen LogP contribution in [0.2, 0.25) is 0 Å². The molecular weight excluding hydrogens is 386 g/mol. The van der Waals surface area contributed by atoms with Crippen LogP contribution in [0.1, 0.15) is 76.5 Å². The molecule has 4 rings (SSSR count). The molecule has 0 radical (unpaired) electrons. The number of aromatic nitrogens is 1. The number of ether oxygens (including phenoxy) is 1. The van der Waals surface area contributed by atoms with Gasteiger partial charge >= 0.3 is 6.09 Å². The standard InChI is InChI=1S/C26H35N3O2/c1-26(2,3)31-25(30)29(22-12-7-8-13-22)24-16-15-21(18-27-24)23-14-9-17-28(23)19-20-10-5-4-6-11-20/h4-6,10-11,15-16,18,22-23H,7-9,12-14,17,19H2,1-3H3/t23-/m1/s1.